The van der Waals surface area contributed by atoms with E-state index in [0.717, 1.165) is 19.4 Å². The van der Waals surface area contributed by atoms with Crippen LogP contribution in [0, 0.1) is 0 Å². The van der Waals surface area contributed by atoms with Crippen LogP contribution in [0.3, 0.4) is 0 Å². The second-order valence-electron chi connectivity index (χ2n) is 2.66. The number of rotatable bonds is 8. The Morgan fingerprint density at radius 2 is 2.08 bits per heavy atom. The van der Waals surface area contributed by atoms with Crippen LogP contribution in [-0.2, 0) is 9.47 Å². The van der Waals surface area contributed by atoms with E-state index in [4.69, 9.17) is 14.6 Å². The molecule has 0 aliphatic carbocycles. The van der Waals surface area contributed by atoms with E-state index < -0.39 is 0 Å². The van der Waals surface area contributed by atoms with Gasteiger partial charge in [-0.25, -0.2) is 0 Å². The summed E-state index contributed by atoms with van der Waals surface area (Å²) in [4.78, 5) is 0. The maximum absolute atomic E-state index is 8.47. The Morgan fingerprint density at radius 1 is 1.33 bits per heavy atom. The fourth-order valence-electron chi connectivity index (χ4n) is 1.05. The zero-order valence-electron chi connectivity index (χ0n) is 8.08. The minimum Gasteiger partial charge on any atom is -0.394 e. The molecule has 0 aliphatic rings. The summed E-state index contributed by atoms with van der Waals surface area (Å²) in [5, 5.41) is 8.47. The third kappa shape index (κ3) is 6.58. The van der Waals surface area contributed by atoms with E-state index in [-0.39, 0.29) is 12.7 Å². The number of hydrogen-bond acceptors (Lipinski definition) is 3. The molecule has 3 nitrogen and oxygen atoms in total. The highest BCUT2D eigenvalue weighted by Gasteiger charge is 2.06. The molecule has 1 atom stereocenters. The molecule has 0 aromatic rings. The summed E-state index contributed by atoms with van der Waals surface area (Å²) in [6.45, 7) is 5.93. The Kier molecular flexibility index (Phi) is 8.88. The van der Waals surface area contributed by atoms with E-state index in [2.05, 4.69) is 6.92 Å². The summed E-state index contributed by atoms with van der Waals surface area (Å²) < 4.78 is 10.6. The molecule has 0 aromatic carbocycles. The van der Waals surface area contributed by atoms with E-state index >= 15 is 0 Å². The predicted octanol–water partition coefficient (Wildman–Crippen LogP) is 1.20. The van der Waals surface area contributed by atoms with Gasteiger partial charge in [-0.1, -0.05) is 13.3 Å². The molecule has 0 spiro atoms. The van der Waals surface area contributed by atoms with Gasteiger partial charge in [0.15, 0.2) is 0 Å². The van der Waals surface area contributed by atoms with Crippen LogP contribution in [0.15, 0.2) is 0 Å². The van der Waals surface area contributed by atoms with Gasteiger partial charge in [0.05, 0.1) is 25.9 Å². The van der Waals surface area contributed by atoms with Gasteiger partial charge in [-0.05, 0) is 13.3 Å². The normalized spacial score (nSPS) is 13.2. The lowest BCUT2D eigenvalue weighted by molar-refractivity contribution is -0.0230. The average molecular weight is 176 g/mol. The van der Waals surface area contributed by atoms with Crippen LogP contribution in [-0.4, -0.2) is 37.6 Å². The van der Waals surface area contributed by atoms with Crippen molar-refractivity contribution >= 4 is 0 Å². The van der Waals surface area contributed by atoms with E-state index in [1.54, 1.807) is 0 Å². The fraction of sp³-hybridized carbons (Fsp3) is 1.00. The Balaban J connectivity index is 3.34. The van der Waals surface area contributed by atoms with E-state index in [9.17, 15) is 0 Å². The van der Waals surface area contributed by atoms with E-state index in [1.807, 2.05) is 6.92 Å². The molecule has 1 N–H and O–H groups in total. The molecule has 0 amide bonds. The standard InChI is InChI=1S/C9H20O3/c1-3-5-9(12-4-2)8-11-7-6-10/h9-10H,3-8H2,1-2H3. The molecule has 0 bridgehead atoms. The van der Waals surface area contributed by atoms with Crippen molar-refractivity contribution in [2.45, 2.75) is 32.8 Å². The summed E-state index contributed by atoms with van der Waals surface area (Å²) in [5.41, 5.74) is 0. The zero-order valence-corrected chi connectivity index (χ0v) is 8.08. The highest BCUT2D eigenvalue weighted by atomic mass is 16.5. The van der Waals surface area contributed by atoms with E-state index in [1.165, 1.54) is 0 Å². The van der Waals surface area contributed by atoms with Crippen LogP contribution >= 0.6 is 0 Å². The molecule has 0 saturated carbocycles. The first-order chi connectivity index (χ1) is 5.85. The molecule has 74 valence electrons. The molecule has 0 heterocycles. The molecule has 0 fully saturated rings. The van der Waals surface area contributed by atoms with Crippen molar-refractivity contribution in [2.24, 2.45) is 0 Å². The van der Waals surface area contributed by atoms with Gasteiger partial charge in [-0.2, -0.15) is 0 Å². The van der Waals surface area contributed by atoms with E-state index in [0.29, 0.717) is 13.2 Å². The Morgan fingerprint density at radius 3 is 2.58 bits per heavy atom. The maximum atomic E-state index is 8.47. The first kappa shape index (κ1) is 11.9. The largest absolute Gasteiger partial charge is 0.394 e. The monoisotopic (exact) mass is 176 g/mol. The number of aliphatic hydroxyl groups is 1. The number of ether oxygens (including phenoxy) is 2. The Bertz CT molecular complexity index is 79.8. The van der Waals surface area contributed by atoms with Gasteiger partial charge in [0.1, 0.15) is 0 Å². The predicted molar refractivity (Wildman–Crippen MR) is 48.2 cm³/mol. The zero-order chi connectivity index (χ0) is 9.23. The highest BCUT2D eigenvalue weighted by Crippen LogP contribution is 2.02. The van der Waals surface area contributed by atoms with Gasteiger partial charge in [0.2, 0.25) is 0 Å². The summed E-state index contributed by atoms with van der Waals surface area (Å²) >= 11 is 0. The molecular formula is C9H20O3. The second kappa shape index (κ2) is 8.97. The van der Waals surface area contributed by atoms with Crippen LogP contribution in [0.1, 0.15) is 26.7 Å². The molecule has 12 heavy (non-hydrogen) atoms. The van der Waals surface area contributed by atoms with Crippen LogP contribution in [0.2, 0.25) is 0 Å². The van der Waals surface area contributed by atoms with Crippen molar-refractivity contribution < 1.29 is 14.6 Å². The molecule has 3 heteroatoms. The number of aliphatic hydroxyl groups excluding tert-OH is 1. The van der Waals surface area contributed by atoms with Crippen molar-refractivity contribution in [3.63, 3.8) is 0 Å². The minimum atomic E-state index is 0.0883. The quantitative estimate of drug-likeness (QED) is 0.565. The number of hydrogen-bond donors (Lipinski definition) is 1. The maximum Gasteiger partial charge on any atom is 0.0808 e. The summed E-state index contributed by atoms with van der Waals surface area (Å²) in [7, 11) is 0. The van der Waals surface area contributed by atoms with Gasteiger partial charge in [-0.15, -0.1) is 0 Å². The molecule has 0 saturated heterocycles. The third-order valence-corrected chi connectivity index (χ3v) is 1.55. The van der Waals surface area contributed by atoms with Crippen LogP contribution in [0.5, 0.6) is 0 Å². The van der Waals surface area contributed by atoms with Gasteiger partial charge in [-0.3, -0.25) is 0 Å². The lowest BCUT2D eigenvalue weighted by Crippen LogP contribution is -2.20. The first-order valence-electron chi connectivity index (χ1n) is 4.65. The summed E-state index contributed by atoms with van der Waals surface area (Å²) in [6.07, 6.45) is 2.33. The Hall–Kier alpha value is -0.120. The molecular weight excluding hydrogens is 156 g/mol. The summed E-state index contributed by atoms with van der Waals surface area (Å²) in [6, 6.07) is 0. The lowest BCUT2D eigenvalue weighted by atomic mass is 10.2. The van der Waals surface area contributed by atoms with Gasteiger partial charge in [0.25, 0.3) is 0 Å². The van der Waals surface area contributed by atoms with Gasteiger partial charge >= 0.3 is 0 Å². The topological polar surface area (TPSA) is 38.7 Å². The molecule has 0 rings (SSSR count). The fourth-order valence-corrected chi connectivity index (χ4v) is 1.05. The third-order valence-electron chi connectivity index (χ3n) is 1.55. The SMILES string of the molecule is CCCC(COCCO)OCC. The summed E-state index contributed by atoms with van der Waals surface area (Å²) in [5.74, 6) is 0. The highest BCUT2D eigenvalue weighted by molar-refractivity contribution is 4.54. The van der Waals surface area contributed by atoms with Crippen molar-refractivity contribution in [3.05, 3.63) is 0 Å². The van der Waals surface area contributed by atoms with Crippen molar-refractivity contribution in [1.82, 2.24) is 0 Å². The van der Waals surface area contributed by atoms with Crippen molar-refractivity contribution in [3.8, 4) is 0 Å². The Labute approximate surface area is 74.7 Å². The molecule has 0 aliphatic heterocycles. The van der Waals surface area contributed by atoms with Crippen LogP contribution in [0.4, 0.5) is 0 Å². The van der Waals surface area contributed by atoms with Crippen LogP contribution in [0.25, 0.3) is 0 Å². The van der Waals surface area contributed by atoms with Crippen molar-refractivity contribution in [1.29, 1.82) is 0 Å². The lowest BCUT2D eigenvalue weighted by Gasteiger charge is -2.15. The second-order valence-corrected chi connectivity index (χ2v) is 2.66. The molecule has 0 radical (unpaired) electrons. The van der Waals surface area contributed by atoms with Gasteiger partial charge < -0.3 is 14.6 Å². The first-order valence-corrected chi connectivity index (χ1v) is 4.65. The smallest absolute Gasteiger partial charge is 0.0808 e. The van der Waals surface area contributed by atoms with Gasteiger partial charge in [0, 0.05) is 6.61 Å². The average Bonchev–Trinajstić information content (AvgIpc) is 2.06. The molecule has 0 aromatic heterocycles. The van der Waals surface area contributed by atoms with Crippen LogP contribution < -0.4 is 0 Å². The molecule has 1 unspecified atom stereocenters. The van der Waals surface area contributed by atoms with Crippen molar-refractivity contribution in [2.75, 3.05) is 26.4 Å². The minimum absolute atomic E-state index is 0.0883.